The maximum atomic E-state index is 13.4. The van der Waals surface area contributed by atoms with Crippen molar-refractivity contribution in [2.24, 2.45) is 11.1 Å². The minimum Gasteiger partial charge on any atom is -0.367 e. The maximum absolute atomic E-state index is 13.4. The Bertz CT molecular complexity index is 369. The molecule has 0 unspecified atom stereocenters. The van der Waals surface area contributed by atoms with Gasteiger partial charge in [0.05, 0.1) is 5.02 Å². The quantitative estimate of drug-likeness (QED) is 0.826. The van der Waals surface area contributed by atoms with E-state index in [1.807, 2.05) is 0 Å². The SMILES string of the molecule is CC(C)(CCCN)CNc1ncc(Cl)cc1F. The lowest BCUT2D eigenvalue weighted by atomic mass is 9.88. The van der Waals surface area contributed by atoms with Crippen LogP contribution in [-0.2, 0) is 0 Å². The Kier molecular flexibility index (Phi) is 5.15. The van der Waals surface area contributed by atoms with Gasteiger partial charge in [-0.2, -0.15) is 0 Å². The van der Waals surface area contributed by atoms with Crippen molar-refractivity contribution < 1.29 is 4.39 Å². The fourth-order valence-electron chi connectivity index (χ4n) is 1.54. The molecule has 0 aliphatic carbocycles. The molecule has 0 spiro atoms. The Hall–Kier alpha value is -0.870. The highest BCUT2D eigenvalue weighted by molar-refractivity contribution is 6.30. The number of hydrogen-bond donors (Lipinski definition) is 2. The summed E-state index contributed by atoms with van der Waals surface area (Å²) in [5.41, 5.74) is 5.54. The predicted octanol–water partition coefficient (Wildman–Crippen LogP) is 3.05. The molecule has 5 heteroatoms. The van der Waals surface area contributed by atoms with Crippen LogP contribution in [0.3, 0.4) is 0 Å². The molecule has 0 bridgehead atoms. The van der Waals surface area contributed by atoms with E-state index in [0.717, 1.165) is 12.8 Å². The van der Waals surface area contributed by atoms with Gasteiger partial charge in [0.1, 0.15) is 0 Å². The number of rotatable bonds is 6. The summed E-state index contributed by atoms with van der Waals surface area (Å²) < 4.78 is 13.4. The van der Waals surface area contributed by atoms with Crippen LogP contribution in [0.4, 0.5) is 10.2 Å². The van der Waals surface area contributed by atoms with Gasteiger partial charge in [0.25, 0.3) is 0 Å². The van der Waals surface area contributed by atoms with E-state index in [0.29, 0.717) is 18.1 Å². The third kappa shape index (κ3) is 4.88. The van der Waals surface area contributed by atoms with Crippen molar-refractivity contribution in [2.75, 3.05) is 18.4 Å². The summed E-state index contributed by atoms with van der Waals surface area (Å²) in [7, 11) is 0. The normalized spacial score (nSPS) is 11.6. The molecule has 0 aliphatic rings. The Morgan fingerprint density at radius 1 is 1.53 bits per heavy atom. The molecule has 0 saturated carbocycles. The molecule has 17 heavy (non-hydrogen) atoms. The van der Waals surface area contributed by atoms with E-state index >= 15 is 0 Å². The van der Waals surface area contributed by atoms with Crippen LogP contribution in [0.5, 0.6) is 0 Å². The first-order valence-corrected chi connectivity index (χ1v) is 6.07. The van der Waals surface area contributed by atoms with Crippen molar-refractivity contribution in [2.45, 2.75) is 26.7 Å². The number of aromatic nitrogens is 1. The van der Waals surface area contributed by atoms with Gasteiger partial charge < -0.3 is 11.1 Å². The first-order chi connectivity index (χ1) is 7.94. The summed E-state index contributed by atoms with van der Waals surface area (Å²) in [5.74, 6) is -0.178. The number of anilines is 1. The van der Waals surface area contributed by atoms with Crippen molar-refractivity contribution in [1.29, 1.82) is 0 Å². The monoisotopic (exact) mass is 259 g/mol. The lowest BCUT2D eigenvalue weighted by Gasteiger charge is -2.25. The fraction of sp³-hybridized carbons (Fsp3) is 0.583. The molecule has 1 heterocycles. The highest BCUT2D eigenvalue weighted by atomic mass is 35.5. The fourth-order valence-corrected chi connectivity index (χ4v) is 1.68. The third-order valence-corrected chi connectivity index (χ3v) is 2.81. The zero-order valence-corrected chi connectivity index (χ0v) is 11.0. The van der Waals surface area contributed by atoms with Gasteiger partial charge in [0.2, 0.25) is 0 Å². The Morgan fingerprint density at radius 2 is 2.24 bits per heavy atom. The van der Waals surface area contributed by atoms with Gasteiger partial charge in [-0.3, -0.25) is 0 Å². The molecule has 0 aromatic carbocycles. The number of nitrogens with zero attached hydrogens (tertiary/aromatic N) is 1. The molecule has 0 amide bonds. The first-order valence-electron chi connectivity index (χ1n) is 5.69. The largest absolute Gasteiger partial charge is 0.367 e. The molecule has 1 aromatic heterocycles. The zero-order chi connectivity index (χ0) is 12.9. The van der Waals surface area contributed by atoms with E-state index < -0.39 is 5.82 Å². The molecule has 0 saturated heterocycles. The van der Waals surface area contributed by atoms with Gasteiger partial charge >= 0.3 is 0 Å². The molecule has 1 rings (SSSR count). The Morgan fingerprint density at radius 3 is 2.82 bits per heavy atom. The van der Waals surface area contributed by atoms with Gasteiger partial charge in [-0.25, -0.2) is 9.37 Å². The van der Waals surface area contributed by atoms with E-state index in [2.05, 4.69) is 24.1 Å². The molecule has 3 nitrogen and oxygen atoms in total. The second-order valence-corrected chi connectivity index (χ2v) is 5.33. The summed E-state index contributed by atoms with van der Waals surface area (Å²) in [6.45, 7) is 5.56. The van der Waals surface area contributed by atoms with Crippen LogP contribution in [-0.4, -0.2) is 18.1 Å². The van der Waals surface area contributed by atoms with Gasteiger partial charge in [0, 0.05) is 12.7 Å². The molecule has 96 valence electrons. The summed E-state index contributed by atoms with van der Waals surface area (Å²) in [6, 6.07) is 1.25. The van der Waals surface area contributed by atoms with Crippen LogP contribution < -0.4 is 11.1 Å². The smallest absolute Gasteiger partial charge is 0.166 e. The predicted molar refractivity (Wildman–Crippen MR) is 69.8 cm³/mol. The summed E-state index contributed by atoms with van der Waals surface area (Å²) >= 11 is 5.63. The second-order valence-electron chi connectivity index (χ2n) is 4.89. The van der Waals surface area contributed by atoms with Crippen LogP contribution in [0, 0.1) is 11.2 Å². The Balaban J connectivity index is 2.54. The van der Waals surface area contributed by atoms with Gasteiger partial charge in [-0.1, -0.05) is 25.4 Å². The number of pyridine rings is 1. The van der Waals surface area contributed by atoms with Crippen molar-refractivity contribution in [3.8, 4) is 0 Å². The third-order valence-electron chi connectivity index (χ3n) is 2.60. The number of nitrogens with one attached hydrogen (secondary N) is 1. The summed E-state index contributed by atoms with van der Waals surface area (Å²) in [6.07, 6.45) is 3.39. The highest BCUT2D eigenvalue weighted by Crippen LogP contribution is 2.23. The molecular formula is C12H19ClFN3. The summed E-state index contributed by atoms with van der Waals surface area (Å²) in [4.78, 5) is 3.92. The molecule has 0 fully saturated rings. The number of nitrogens with two attached hydrogens (primary N) is 1. The maximum Gasteiger partial charge on any atom is 0.166 e. The van der Waals surface area contributed by atoms with Crippen LogP contribution in [0.15, 0.2) is 12.3 Å². The minimum atomic E-state index is -0.424. The van der Waals surface area contributed by atoms with Crippen molar-refractivity contribution in [3.63, 3.8) is 0 Å². The van der Waals surface area contributed by atoms with Crippen LogP contribution in [0.2, 0.25) is 5.02 Å². The second kappa shape index (κ2) is 6.17. The van der Waals surface area contributed by atoms with Crippen molar-refractivity contribution in [1.82, 2.24) is 4.98 Å². The highest BCUT2D eigenvalue weighted by Gasteiger charge is 2.17. The van der Waals surface area contributed by atoms with E-state index in [-0.39, 0.29) is 11.2 Å². The van der Waals surface area contributed by atoms with Crippen LogP contribution >= 0.6 is 11.6 Å². The van der Waals surface area contributed by atoms with E-state index in [4.69, 9.17) is 17.3 Å². The average molecular weight is 260 g/mol. The average Bonchev–Trinajstić information content (AvgIpc) is 2.25. The molecular weight excluding hydrogens is 241 g/mol. The standard InChI is InChI=1S/C12H19ClFN3/c1-12(2,4-3-5-15)8-17-11-10(14)6-9(13)7-16-11/h6-7H,3-5,8,15H2,1-2H3,(H,16,17). The van der Waals surface area contributed by atoms with Gasteiger partial charge in [0.15, 0.2) is 11.6 Å². The van der Waals surface area contributed by atoms with Gasteiger partial charge in [-0.15, -0.1) is 0 Å². The van der Waals surface area contributed by atoms with E-state index in [9.17, 15) is 4.39 Å². The van der Waals surface area contributed by atoms with E-state index in [1.165, 1.54) is 12.3 Å². The molecule has 1 aromatic rings. The zero-order valence-electron chi connectivity index (χ0n) is 10.3. The van der Waals surface area contributed by atoms with Crippen molar-refractivity contribution >= 4 is 17.4 Å². The van der Waals surface area contributed by atoms with E-state index in [1.54, 1.807) is 0 Å². The minimum absolute atomic E-state index is 0.0626. The summed E-state index contributed by atoms with van der Waals surface area (Å²) in [5, 5.41) is 3.31. The number of halogens is 2. The lowest BCUT2D eigenvalue weighted by Crippen LogP contribution is -2.24. The molecule has 0 aliphatic heterocycles. The van der Waals surface area contributed by atoms with Crippen LogP contribution in [0.1, 0.15) is 26.7 Å². The molecule has 3 N–H and O–H groups in total. The Labute approximate surface area is 107 Å². The van der Waals surface area contributed by atoms with Gasteiger partial charge in [-0.05, 0) is 30.9 Å². The topological polar surface area (TPSA) is 50.9 Å². The first kappa shape index (κ1) is 14.2. The molecule has 0 atom stereocenters. The lowest BCUT2D eigenvalue weighted by molar-refractivity contribution is 0.349. The van der Waals surface area contributed by atoms with Crippen LogP contribution in [0.25, 0.3) is 0 Å². The number of hydrogen-bond acceptors (Lipinski definition) is 3. The molecule has 0 radical (unpaired) electrons. The van der Waals surface area contributed by atoms with Crippen molar-refractivity contribution in [3.05, 3.63) is 23.1 Å².